The van der Waals surface area contributed by atoms with Gasteiger partial charge in [-0.05, 0) is 25.8 Å². The Bertz CT molecular complexity index is 501. The molecule has 0 amide bonds. The molecule has 1 aliphatic heterocycles. The third kappa shape index (κ3) is 4.30. The van der Waals surface area contributed by atoms with E-state index < -0.39 is 33.9 Å². The molecule has 0 bridgehead atoms. The maximum Gasteiger partial charge on any atom is 0.218 e. The molecule has 10 heteroatoms. The second kappa shape index (κ2) is 5.84. The summed E-state index contributed by atoms with van der Waals surface area (Å²) >= 11 is 0. The molecule has 9 nitrogen and oxygen atoms in total. The Balaban J connectivity index is 3.12. The Kier molecular flexibility index (Phi) is 5.01. The summed E-state index contributed by atoms with van der Waals surface area (Å²) in [5.41, 5.74) is 7.38. The lowest BCUT2D eigenvalue weighted by atomic mass is 9.89. The summed E-state index contributed by atoms with van der Waals surface area (Å²) in [5, 5.41) is 3.57. The van der Waals surface area contributed by atoms with Crippen LogP contribution in [0.25, 0.3) is 10.4 Å². The van der Waals surface area contributed by atoms with Crippen LogP contribution in [0.1, 0.15) is 34.1 Å². The molecular formula is C10H18N3O6S-. The van der Waals surface area contributed by atoms with Gasteiger partial charge in [-0.1, -0.05) is 19.0 Å². The molecule has 3 atom stereocenters. The van der Waals surface area contributed by atoms with E-state index in [-0.39, 0.29) is 13.0 Å². The lowest BCUT2D eigenvalue weighted by Gasteiger charge is -2.36. The SMILES string of the molecule is CC[C@@](C)(N=[N+]=[N-])[C@H](OS(=O)(=O)[O-])C1COC(C)(C)O1. The Morgan fingerprint density at radius 3 is 2.60 bits per heavy atom. The van der Waals surface area contributed by atoms with Crippen molar-refractivity contribution in [3.8, 4) is 0 Å². The molecule has 0 spiro atoms. The van der Waals surface area contributed by atoms with Crippen molar-refractivity contribution in [2.75, 3.05) is 6.61 Å². The normalized spacial score (nSPS) is 26.6. The molecule has 0 aromatic carbocycles. The maximum atomic E-state index is 10.9. The summed E-state index contributed by atoms with van der Waals surface area (Å²) < 4.78 is 48.2. The average molecular weight is 308 g/mol. The van der Waals surface area contributed by atoms with E-state index in [4.69, 9.17) is 15.0 Å². The van der Waals surface area contributed by atoms with Crippen LogP contribution in [0.2, 0.25) is 0 Å². The van der Waals surface area contributed by atoms with E-state index in [1.165, 1.54) is 6.92 Å². The van der Waals surface area contributed by atoms with Crippen LogP contribution in [0.3, 0.4) is 0 Å². The Morgan fingerprint density at radius 2 is 2.25 bits per heavy atom. The lowest BCUT2D eigenvalue weighted by Crippen LogP contribution is -2.49. The highest BCUT2D eigenvalue weighted by molar-refractivity contribution is 7.80. The van der Waals surface area contributed by atoms with Crippen LogP contribution in [0.4, 0.5) is 0 Å². The molecule has 0 saturated carbocycles. The second-order valence-electron chi connectivity index (χ2n) is 5.19. The van der Waals surface area contributed by atoms with Gasteiger partial charge in [0, 0.05) is 4.91 Å². The van der Waals surface area contributed by atoms with Gasteiger partial charge in [-0.2, -0.15) is 0 Å². The molecule has 20 heavy (non-hydrogen) atoms. The van der Waals surface area contributed by atoms with Crippen molar-refractivity contribution in [2.24, 2.45) is 5.11 Å². The fourth-order valence-electron chi connectivity index (χ4n) is 1.99. The van der Waals surface area contributed by atoms with E-state index in [0.29, 0.717) is 0 Å². The number of nitrogens with zero attached hydrogens (tertiary/aromatic N) is 3. The summed E-state index contributed by atoms with van der Waals surface area (Å²) in [5.74, 6) is -0.927. The first kappa shape index (κ1) is 17.2. The number of hydrogen-bond acceptors (Lipinski definition) is 7. The standard InChI is InChI=1S/C10H19N3O6S/c1-5-10(4,12-13-11)8(19-20(14,15)16)7-6-17-9(2,3)18-7/h7-8H,5-6H2,1-4H3,(H,14,15,16)/p-1/t7?,8-,10-/m1/s1. The van der Waals surface area contributed by atoms with Crippen molar-refractivity contribution in [1.82, 2.24) is 0 Å². The number of ether oxygens (including phenoxy) is 2. The number of azide groups is 1. The molecule has 1 unspecified atom stereocenters. The summed E-state index contributed by atoms with van der Waals surface area (Å²) in [4.78, 5) is 2.69. The molecular weight excluding hydrogens is 290 g/mol. The van der Waals surface area contributed by atoms with E-state index >= 15 is 0 Å². The predicted octanol–water partition coefficient (Wildman–Crippen LogP) is 1.46. The molecule has 1 rings (SSSR count). The van der Waals surface area contributed by atoms with Gasteiger partial charge < -0.3 is 14.0 Å². The zero-order valence-corrected chi connectivity index (χ0v) is 12.6. The van der Waals surface area contributed by atoms with Gasteiger partial charge in [0.2, 0.25) is 10.4 Å². The van der Waals surface area contributed by atoms with Crippen molar-refractivity contribution >= 4 is 10.4 Å². The van der Waals surface area contributed by atoms with Crippen LogP contribution in [0.15, 0.2) is 5.11 Å². The van der Waals surface area contributed by atoms with Gasteiger partial charge in [-0.25, -0.2) is 8.42 Å². The minimum Gasteiger partial charge on any atom is -0.726 e. The lowest BCUT2D eigenvalue weighted by molar-refractivity contribution is -0.153. The number of hydrogen-bond donors (Lipinski definition) is 0. The van der Waals surface area contributed by atoms with Gasteiger partial charge in [0.1, 0.15) is 12.2 Å². The highest BCUT2D eigenvalue weighted by atomic mass is 32.3. The summed E-state index contributed by atoms with van der Waals surface area (Å²) in [6.45, 7) is 6.50. The van der Waals surface area contributed by atoms with E-state index in [9.17, 15) is 13.0 Å². The van der Waals surface area contributed by atoms with Crippen LogP contribution in [0, 0.1) is 0 Å². The van der Waals surface area contributed by atoms with Crippen LogP contribution in [-0.2, 0) is 24.1 Å². The minimum absolute atomic E-state index is 0.0315. The largest absolute Gasteiger partial charge is 0.726 e. The molecule has 0 N–H and O–H groups in total. The monoisotopic (exact) mass is 308 g/mol. The van der Waals surface area contributed by atoms with Crippen molar-refractivity contribution < 1.29 is 26.6 Å². The molecule has 0 aromatic rings. The molecule has 0 radical (unpaired) electrons. The van der Waals surface area contributed by atoms with Crippen LogP contribution >= 0.6 is 0 Å². The Morgan fingerprint density at radius 1 is 1.65 bits per heavy atom. The number of rotatable bonds is 6. The average Bonchev–Trinajstić information content (AvgIpc) is 2.65. The minimum atomic E-state index is -4.98. The Labute approximate surface area is 117 Å². The van der Waals surface area contributed by atoms with Crippen molar-refractivity contribution in [3.05, 3.63) is 10.4 Å². The fourth-order valence-corrected chi connectivity index (χ4v) is 2.57. The van der Waals surface area contributed by atoms with Gasteiger partial charge >= 0.3 is 0 Å². The van der Waals surface area contributed by atoms with Crippen LogP contribution in [-0.4, -0.2) is 43.1 Å². The highest BCUT2D eigenvalue weighted by Gasteiger charge is 2.46. The fraction of sp³-hybridized carbons (Fsp3) is 1.00. The van der Waals surface area contributed by atoms with E-state index in [1.54, 1.807) is 20.8 Å². The molecule has 0 aliphatic carbocycles. The first-order chi connectivity index (χ1) is 9.03. The van der Waals surface area contributed by atoms with E-state index in [0.717, 1.165) is 0 Å². The molecule has 1 aliphatic rings. The third-order valence-electron chi connectivity index (χ3n) is 3.19. The second-order valence-corrected chi connectivity index (χ2v) is 6.20. The summed E-state index contributed by atoms with van der Waals surface area (Å²) in [6, 6.07) is 0. The van der Waals surface area contributed by atoms with E-state index in [2.05, 4.69) is 14.2 Å². The maximum absolute atomic E-state index is 10.9. The molecule has 1 heterocycles. The van der Waals surface area contributed by atoms with Crippen LogP contribution in [0.5, 0.6) is 0 Å². The zero-order valence-electron chi connectivity index (χ0n) is 11.8. The highest BCUT2D eigenvalue weighted by Crippen LogP contribution is 2.34. The summed E-state index contributed by atoms with van der Waals surface area (Å²) in [6.07, 6.45) is -1.82. The smallest absolute Gasteiger partial charge is 0.218 e. The van der Waals surface area contributed by atoms with Gasteiger partial charge in [0.15, 0.2) is 5.79 Å². The van der Waals surface area contributed by atoms with Gasteiger partial charge in [-0.15, -0.1) is 0 Å². The van der Waals surface area contributed by atoms with Gasteiger partial charge in [-0.3, -0.25) is 4.18 Å². The Hall–Kier alpha value is -0.900. The zero-order chi connectivity index (χ0) is 15.6. The van der Waals surface area contributed by atoms with Gasteiger partial charge in [0.25, 0.3) is 0 Å². The van der Waals surface area contributed by atoms with Crippen LogP contribution < -0.4 is 0 Å². The third-order valence-corrected chi connectivity index (χ3v) is 3.63. The molecule has 1 fully saturated rings. The topological polar surface area (TPSA) is 134 Å². The summed E-state index contributed by atoms with van der Waals surface area (Å²) in [7, 11) is -4.98. The first-order valence-corrected chi connectivity index (χ1v) is 7.38. The van der Waals surface area contributed by atoms with Crippen molar-refractivity contribution in [3.63, 3.8) is 0 Å². The molecule has 0 aromatic heterocycles. The van der Waals surface area contributed by atoms with Crippen molar-refractivity contribution in [1.29, 1.82) is 0 Å². The molecule has 116 valence electrons. The van der Waals surface area contributed by atoms with Gasteiger partial charge in [0.05, 0.1) is 12.1 Å². The predicted molar refractivity (Wildman–Crippen MR) is 67.3 cm³/mol. The quantitative estimate of drug-likeness (QED) is 0.240. The molecule has 1 saturated heterocycles. The first-order valence-electron chi connectivity index (χ1n) is 6.05. The van der Waals surface area contributed by atoms with E-state index in [1.807, 2.05) is 0 Å². The van der Waals surface area contributed by atoms with Crippen molar-refractivity contribution in [2.45, 2.75) is 57.6 Å².